The van der Waals surface area contributed by atoms with Gasteiger partial charge in [-0.15, -0.1) is 5.10 Å². The number of ether oxygens (including phenoxy) is 2. The number of hydrogen-bond donors (Lipinski definition) is 1. The fraction of sp³-hybridized carbons (Fsp3) is 0.188. The molecule has 3 rings (SSSR count). The van der Waals surface area contributed by atoms with Crippen LogP contribution in [0.15, 0.2) is 45.2 Å². The molecule has 0 bridgehead atoms. The number of aromatic amines is 1. The van der Waals surface area contributed by atoms with Crippen molar-refractivity contribution >= 4 is 28.0 Å². The van der Waals surface area contributed by atoms with E-state index in [1.54, 1.807) is 26.0 Å². The van der Waals surface area contributed by atoms with Gasteiger partial charge >= 0.3 is 0 Å². The number of carbonyl (C=O) groups excluding carboxylic acids is 1. The molecule has 7 heteroatoms. The van der Waals surface area contributed by atoms with Gasteiger partial charge in [0.15, 0.2) is 12.0 Å². The van der Waals surface area contributed by atoms with Gasteiger partial charge in [-0.1, -0.05) is 15.9 Å². The van der Waals surface area contributed by atoms with Crippen molar-refractivity contribution in [2.75, 3.05) is 0 Å². The van der Waals surface area contributed by atoms with Gasteiger partial charge in [-0.2, -0.15) is 0 Å². The van der Waals surface area contributed by atoms with Crippen LogP contribution in [-0.2, 0) is 4.79 Å². The van der Waals surface area contributed by atoms with E-state index in [0.717, 1.165) is 4.47 Å². The fourth-order valence-corrected chi connectivity index (χ4v) is 2.68. The average molecular weight is 377 g/mol. The first-order valence-electron chi connectivity index (χ1n) is 6.83. The molecule has 0 saturated carbocycles. The summed E-state index contributed by atoms with van der Waals surface area (Å²) in [5, 5.41) is 6.12. The SMILES string of the molecule is CC1(C)Oc2ccc(Br)cc2C(Oc2ccc(=O)[nH]n2)=C1C=O. The first-order chi connectivity index (χ1) is 10.9. The summed E-state index contributed by atoms with van der Waals surface area (Å²) in [6.07, 6.45) is 0.713. The highest BCUT2D eigenvalue weighted by molar-refractivity contribution is 9.10. The van der Waals surface area contributed by atoms with Crippen molar-refractivity contribution in [1.29, 1.82) is 0 Å². The first kappa shape index (κ1) is 15.5. The molecular weight excluding hydrogens is 364 g/mol. The van der Waals surface area contributed by atoms with Crippen LogP contribution >= 0.6 is 15.9 Å². The van der Waals surface area contributed by atoms with Gasteiger partial charge in [-0.3, -0.25) is 9.59 Å². The third-order valence-corrected chi connectivity index (χ3v) is 3.92. The lowest BCUT2D eigenvalue weighted by molar-refractivity contribution is -0.106. The van der Waals surface area contributed by atoms with Crippen LogP contribution in [-0.4, -0.2) is 22.1 Å². The van der Waals surface area contributed by atoms with Crippen LogP contribution in [0.4, 0.5) is 0 Å². The molecule has 0 spiro atoms. The summed E-state index contributed by atoms with van der Waals surface area (Å²) in [4.78, 5) is 22.7. The Hall–Kier alpha value is -2.41. The second kappa shape index (κ2) is 5.66. The molecule has 2 heterocycles. The van der Waals surface area contributed by atoms with Crippen molar-refractivity contribution in [3.05, 3.63) is 56.3 Å². The molecule has 1 N–H and O–H groups in total. The number of halogens is 1. The van der Waals surface area contributed by atoms with Gasteiger partial charge in [-0.05, 0) is 32.0 Å². The third kappa shape index (κ3) is 2.92. The molecule has 118 valence electrons. The van der Waals surface area contributed by atoms with E-state index in [9.17, 15) is 9.59 Å². The second-order valence-electron chi connectivity index (χ2n) is 5.47. The van der Waals surface area contributed by atoms with Crippen LogP contribution in [0.1, 0.15) is 19.4 Å². The lowest BCUT2D eigenvalue weighted by Crippen LogP contribution is -2.36. The minimum Gasteiger partial charge on any atom is -0.482 e. The topological polar surface area (TPSA) is 81.3 Å². The predicted octanol–water partition coefficient (Wildman–Crippen LogP) is 2.69. The molecule has 1 aliphatic heterocycles. The minimum absolute atomic E-state index is 0.183. The third-order valence-electron chi connectivity index (χ3n) is 3.42. The van der Waals surface area contributed by atoms with Crippen LogP contribution in [0.25, 0.3) is 5.76 Å². The number of aldehydes is 1. The maximum Gasteiger partial charge on any atom is 0.264 e. The number of carbonyl (C=O) groups is 1. The molecule has 1 aromatic heterocycles. The molecule has 1 aliphatic rings. The van der Waals surface area contributed by atoms with Gasteiger partial charge in [0.05, 0.1) is 11.1 Å². The van der Waals surface area contributed by atoms with E-state index in [-0.39, 0.29) is 11.4 Å². The monoisotopic (exact) mass is 376 g/mol. The van der Waals surface area contributed by atoms with Gasteiger partial charge in [0.2, 0.25) is 5.88 Å². The maximum atomic E-state index is 11.6. The summed E-state index contributed by atoms with van der Waals surface area (Å²) >= 11 is 3.40. The number of H-pyrrole nitrogens is 1. The van der Waals surface area contributed by atoms with E-state index in [1.807, 2.05) is 6.07 Å². The van der Waals surface area contributed by atoms with Crippen molar-refractivity contribution in [1.82, 2.24) is 10.2 Å². The van der Waals surface area contributed by atoms with Gasteiger partial charge in [0, 0.05) is 16.6 Å². The van der Waals surface area contributed by atoms with Crippen molar-refractivity contribution in [3.8, 4) is 11.6 Å². The number of benzene rings is 1. The molecule has 0 saturated heterocycles. The van der Waals surface area contributed by atoms with Crippen LogP contribution in [0.2, 0.25) is 0 Å². The van der Waals surface area contributed by atoms with E-state index in [2.05, 4.69) is 26.1 Å². The summed E-state index contributed by atoms with van der Waals surface area (Å²) in [6, 6.07) is 8.18. The Bertz CT molecular complexity index is 850. The molecule has 2 aromatic rings. The van der Waals surface area contributed by atoms with Gasteiger partial charge in [0.1, 0.15) is 11.4 Å². The van der Waals surface area contributed by atoms with Crippen LogP contribution in [0, 0.1) is 0 Å². The molecule has 6 nitrogen and oxygen atoms in total. The number of aromatic nitrogens is 2. The van der Waals surface area contributed by atoms with E-state index in [4.69, 9.17) is 9.47 Å². The maximum absolute atomic E-state index is 11.6. The molecular formula is C16H13BrN2O4. The van der Waals surface area contributed by atoms with Gasteiger partial charge < -0.3 is 9.47 Å². The molecule has 0 unspecified atom stereocenters. The van der Waals surface area contributed by atoms with Crippen LogP contribution < -0.4 is 15.0 Å². The second-order valence-corrected chi connectivity index (χ2v) is 6.39. The number of nitrogens with zero attached hydrogens (tertiary/aromatic N) is 1. The number of fused-ring (bicyclic) bond motifs is 1. The standard InChI is InChI=1S/C16H13BrN2O4/c1-16(2)11(8-20)15(22-14-6-5-13(21)18-19-14)10-7-9(17)3-4-12(10)23-16/h3-8H,1-2H3,(H,18,21). The normalized spacial score (nSPS) is 15.6. The first-order valence-corrected chi connectivity index (χ1v) is 7.62. The summed E-state index contributed by atoms with van der Waals surface area (Å²) in [6.45, 7) is 3.57. The highest BCUT2D eigenvalue weighted by Crippen LogP contribution is 2.41. The van der Waals surface area contributed by atoms with Crippen molar-refractivity contribution in [2.24, 2.45) is 0 Å². The number of rotatable bonds is 3. The molecule has 0 aliphatic carbocycles. The molecule has 0 amide bonds. The van der Waals surface area contributed by atoms with E-state index < -0.39 is 5.60 Å². The predicted molar refractivity (Wildman–Crippen MR) is 87.3 cm³/mol. The van der Waals surface area contributed by atoms with E-state index in [0.29, 0.717) is 28.9 Å². The Morgan fingerprint density at radius 1 is 1.30 bits per heavy atom. The van der Waals surface area contributed by atoms with Gasteiger partial charge in [0.25, 0.3) is 5.56 Å². The quantitative estimate of drug-likeness (QED) is 0.832. The molecule has 0 fully saturated rings. The zero-order valence-corrected chi connectivity index (χ0v) is 14.0. The lowest BCUT2D eigenvalue weighted by atomic mass is 9.91. The zero-order chi connectivity index (χ0) is 16.6. The fourth-order valence-electron chi connectivity index (χ4n) is 2.32. The summed E-state index contributed by atoms with van der Waals surface area (Å²) in [5.74, 6) is 1.14. The Kier molecular flexibility index (Phi) is 3.81. The molecule has 23 heavy (non-hydrogen) atoms. The minimum atomic E-state index is -0.847. The zero-order valence-electron chi connectivity index (χ0n) is 12.4. The Morgan fingerprint density at radius 3 is 2.74 bits per heavy atom. The smallest absolute Gasteiger partial charge is 0.264 e. The Labute approximate surface area is 140 Å². The Balaban J connectivity index is 2.17. The number of nitrogens with one attached hydrogen (secondary N) is 1. The van der Waals surface area contributed by atoms with E-state index >= 15 is 0 Å². The van der Waals surface area contributed by atoms with Gasteiger partial charge in [-0.25, -0.2) is 5.10 Å². The van der Waals surface area contributed by atoms with Crippen molar-refractivity contribution < 1.29 is 14.3 Å². The average Bonchev–Trinajstić information content (AvgIpc) is 2.50. The van der Waals surface area contributed by atoms with Crippen molar-refractivity contribution in [3.63, 3.8) is 0 Å². The summed E-state index contributed by atoms with van der Waals surface area (Å²) in [5.41, 5.74) is -0.192. The highest BCUT2D eigenvalue weighted by atomic mass is 79.9. The van der Waals surface area contributed by atoms with Crippen molar-refractivity contribution in [2.45, 2.75) is 19.4 Å². The molecule has 0 radical (unpaired) electrons. The lowest BCUT2D eigenvalue weighted by Gasteiger charge is -2.34. The highest BCUT2D eigenvalue weighted by Gasteiger charge is 2.36. The summed E-state index contributed by atoms with van der Waals surface area (Å²) < 4.78 is 12.5. The molecule has 0 atom stereocenters. The number of hydrogen-bond acceptors (Lipinski definition) is 5. The van der Waals surface area contributed by atoms with Crippen LogP contribution in [0.3, 0.4) is 0 Å². The molecule has 1 aromatic carbocycles. The summed E-state index contributed by atoms with van der Waals surface area (Å²) in [7, 11) is 0. The van der Waals surface area contributed by atoms with E-state index in [1.165, 1.54) is 12.1 Å². The Morgan fingerprint density at radius 2 is 2.09 bits per heavy atom. The van der Waals surface area contributed by atoms with Crippen LogP contribution in [0.5, 0.6) is 11.6 Å². The largest absolute Gasteiger partial charge is 0.482 e.